The fourth-order valence-corrected chi connectivity index (χ4v) is 4.38. The molecule has 3 atom stereocenters. The van der Waals surface area contributed by atoms with Crippen molar-refractivity contribution in [2.24, 2.45) is 11.8 Å². The van der Waals surface area contributed by atoms with Crippen molar-refractivity contribution >= 4 is 5.70 Å². The van der Waals surface area contributed by atoms with Gasteiger partial charge in [-0.1, -0.05) is 64.7 Å². The lowest BCUT2D eigenvalue weighted by Crippen LogP contribution is -2.22. The van der Waals surface area contributed by atoms with Gasteiger partial charge in [-0.3, -0.25) is 0 Å². The number of nitrogens with one attached hydrogen (secondary N) is 1. The van der Waals surface area contributed by atoms with Gasteiger partial charge in [0.2, 0.25) is 0 Å². The minimum atomic E-state index is 0.402. The zero-order valence-electron chi connectivity index (χ0n) is 14.8. The van der Waals surface area contributed by atoms with Crippen molar-refractivity contribution in [3.63, 3.8) is 0 Å². The Bertz CT molecular complexity index is 571. The third-order valence-electron chi connectivity index (χ3n) is 5.65. The van der Waals surface area contributed by atoms with Gasteiger partial charge < -0.3 is 10.4 Å². The van der Waals surface area contributed by atoms with Crippen molar-refractivity contribution < 1.29 is 5.11 Å². The summed E-state index contributed by atoms with van der Waals surface area (Å²) in [6.45, 7) is 6.80. The lowest BCUT2D eigenvalue weighted by atomic mass is 9.85. The van der Waals surface area contributed by atoms with Gasteiger partial charge in [0.25, 0.3) is 0 Å². The molecule has 2 aliphatic rings. The molecule has 0 aromatic heterocycles. The highest BCUT2D eigenvalue weighted by atomic mass is 16.3. The number of hydrogen-bond donors (Lipinski definition) is 2. The number of allylic oxidation sites excluding steroid dienone is 1. The number of hydrogen-bond acceptors (Lipinski definition) is 2. The number of phenolic OH excluding ortho intramolecular Hbond substituents is 1. The minimum absolute atomic E-state index is 0.402. The van der Waals surface area contributed by atoms with Gasteiger partial charge in [0.05, 0.1) is 0 Å². The molecule has 2 aliphatic carbocycles. The third kappa shape index (κ3) is 3.41. The van der Waals surface area contributed by atoms with E-state index in [0.717, 1.165) is 23.8 Å². The predicted molar refractivity (Wildman–Crippen MR) is 97.5 cm³/mol. The van der Waals surface area contributed by atoms with E-state index < -0.39 is 0 Å². The normalized spacial score (nSPS) is 25.9. The summed E-state index contributed by atoms with van der Waals surface area (Å²) in [6.07, 6.45) is 9.98. The van der Waals surface area contributed by atoms with Crippen molar-refractivity contribution in [3.8, 4) is 5.75 Å². The van der Waals surface area contributed by atoms with E-state index in [-0.39, 0.29) is 0 Å². The molecule has 1 saturated carbocycles. The van der Waals surface area contributed by atoms with Crippen molar-refractivity contribution in [2.45, 2.75) is 71.3 Å². The Hall–Kier alpha value is -1.44. The van der Waals surface area contributed by atoms with E-state index >= 15 is 0 Å². The van der Waals surface area contributed by atoms with Gasteiger partial charge >= 0.3 is 0 Å². The summed E-state index contributed by atoms with van der Waals surface area (Å²) in [5.41, 5.74) is 3.57. The Balaban J connectivity index is 1.70. The van der Waals surface area contributed by atoms with Gasteiger partial charge in [0.1, 0.15) is 5.75 Å². The summed E-state index contributed by atoms with van der Waals surface area (Å²) >= 11 is 0. The van der Waals surface area contributed by atoms with Crippen molar-refractivity contribution in [2.75, 3.05) is 0 Å². The fraction of sp³-hybridized carbons (Fsp3) is 0.619. The van der Waals surface area contributed by atoms with Crippen LogP contribution in [0, 0.1) is 11.8 Å². The maximum absolute atomic E-state index is 10.2. The first kappa shape index (κ1) is 16.4. The smallest absolute Gasteiger partial charge is 0.119 e. The van der Waals surface area contributed by atoms with Gasteiger partial charge in [-0.05, 0) is 36.7 Å². The van der Waals surface area contributed by atoms with Gasteiger partial charge in [0.15, 0.2) is 0 Å². The highest BCUT2D eigenvalue weighted by Gasteiger charge is 2.42. The van der Waals surface area contributed by atoms with Crippen LogP contribution in [0.3, 0.4) is 0 Å². The molecule has 3 unspecified atom stereocenters. The SMILES string of the molecule is CCCC(CCC)C1CC1NC1=CCC(C)c2c(O)cccc21. The quantitative estimate of drug-likeness (QED) is 0.703. The second-order valence-corrected chi connectivity index (χ2v) is 7.48. The minimum Gasteiger partial charge on any atom is -0.508 e. The van der Waals surface area contributed by atoms with Crippen LogP contribution in [0.4, 0.5) is 0 Å². The summed E-state index contributed by atoms with van der Waals surface area (Å²) in [5.74, 6) is 2.58. The summed E-state index contributed by atoms with van der Waals surface area (Å²) < 4.78 is 0. The van der Waals surface area contributed by atoms with Crippen LogP contribution in [-0.4, -0.2) is 11.1 Å². The Labute approximate surface area is 141 Å². The van der Waals surface area contributed by atoms with Crippen molar-refractivity contribution in [3.05, 3.63) is 35.4 Å². The average molecular weight is 313 g/mol. The second kappa shape index (κ2) is 6.98. The fourth-order valence-electron chi connectivity index (χ4n) is 4.38. The molecule has 0 amide bonds. The Morgan fingerprint density at radius 3 is 2.65 bits per heavy atom. The molecule has 1 aromatic rings. The molecule has 23 heavy (non-hydrogen) atoms. The monoisotopic (exact) mass is 313 g/mol. The maximum atomic E-state index is 10.2. The maximum Gasteiger partial charge on any atom is 0.119 e. The molecule has 2 heteroatoms. The zero-order chi connectivity index (χ0) is 16.4. The molecule has 2 nitrogen and oxygen atoms in total. The van der Waals surface area contributed by atoms with Crippen LogP contribution in [0.5, 0.6) is 5.75 Å². The van der Waals surface area contributed by atoms with E-state index in [9.17, 15) is 5.11 Å². The van der Waals surface area contributed by atoms with E-state index in [0.29, 0.717) is 17.7 Å². The Morgan fingerprint density at radius 1 is 1.22 bits per heavy atom. The zero-order valence-corrected chi connectivity index (χ0v) is 14.8. The number of phenols is 1. The summed E-state index contributed by atoms with van der Waals surface area (Å²) in [5, 5.41) is 14.0. The molecular formula is C21H31NO. The standard InChI is InChI=1S/C21H31NO/c1-4-7-15(8-5-2)17-13-19(17)22-18-12-11-14(3)21-16(18)9-6-10-20(21)23/h6,9-10,12,14-15,17,19,22-23H,4-5,7-8,11,13H2,1-3H3. The van der Waals surface area contributed by atoms with Crippen LogP contribution in [0.2, 0.25) is 0 Å². The summed E-state index contributed by atoms with van der Waals surface area (Å²) in [7, 11) is 0. The van der Waals surface area contributed by atoms with Gasteiger partial charge in [0, 0.05) is 22.9 Å². The number of rotatable bonds is 7. The van der Waals surface area contributed by atoms with Crippen LogP contribution in [0.15, 0.2) is 24.3 Å². The second-order valence-electron chi connectivity index (χ2n) is 7.48. The van der Waals surface area contributed by atoms with Crippen LogP contribution in [-0.2, 0) is 0 Å². The Morgan fingerprint density at radius 2 is 1.96 bits per heavy atom. The van der Waals surface area contributed by atoms with Crippen LogP contribution in [0.25, 0.3) is 5.70 Å². The average Bonchev–Trinajstić information content (AvgIpc) is 3.29. The first-order valence-electron chi connectivity index (χ1n) is 9.44. The van der Waals surface area contributed by atoms with E-state index in [1.807, 2.05) is 12.1 Å². The molecule has 1 aromatic carbocycles. The third-order valence-corrected chi connectivity index (χ3v) is 5.65. The van der Waals surface area contributed by atoms with Crippen molar-refractivity contribution in [1.29, 1.82) is 0 Å². The highest BCUT2D eigenvalue weighted by Crippen LogP contribution is 2.45. The highest BCUT2D eigenvalue weighted by molar-refractivity contribution is 5.72. The number of fused-ring (bicyclic) bond motifs is 1. The predicted octanol–water partition coefficient (Wildman–Crippen LogP) is 5.43. The first-order valence-corrected chi connectivity index (χ1v) is 9.44. The number of benzene rings is 1. The van der Waals surface area contributed by atoms with E-state index in [1.165, 1.54) is 43.4 Å². The van der Waals surface area contributed by atoms with Crippen molar-refractivity contribution in [1.82, 2.24) is 5.32 Å². The molecule has 0 heterocycles. The molecule has 0 bridgehead atoms. The molecular weight excluding hydrogens is 282 g/mol. The van der Waals surface area contributed by atoms with Crippen LogP contribution >= 0.6 is 0 Å². The lowest BCUT2D eigenvalue weighted by molar-refractivity contribution is 0.379. The molecule has 126 valence electrons. The molecule has 0 spiro atoms. The summed E-state index contributed by atoms with van der Waals surface area (Å²) in [6, 6.07) is 6.56. The lowest BCUT2D eigenvalue weighted by Gasteiger charge is -2.25. The van der Waals surface area contributed by atoms with Gasteiger partial charge in [-0.25, -0.2) is 0 Å². The molecule has 2 N–H and O–H groups in total. The van der Waals surface area contributed by atoms with Gasteiger partial charge in [-0.2, -0.15) is 0 Å². The van der Waals surface area contributed by atoms with Crippen LogP contribution < -0.4 is 5.32 Å². The Kier molecular flexibility index (Phi) is 4.99. The topological polar surface area (TPSA) is 32.3 Å². The summed E-state index contributed by atoms with van der Waals surface area (Å²) in [4.78, 5) is 0. The van der Waals surface area contributed by atoms with Crippen LogP contribution in [0.1, 0.15) is 76.3 Å². The molecule has 3 rings (SSSR count). The molecule has 1 fully saturated rings. The largest absolute Gasteiger partial charge is 0.508 e. The number of aromatic hydroxyl groups is 1. The van der Waals surface area contributed by atoms with E-state index in [4.69, 9.17) is 0 Å². The van der Waals surface area contributed by atoms with E-state index in [1.54, 1.807) is 0 Å². The molecule has 0 aliphatic heterocycles. The van der Waals surface area contributed by atoms with Gasteiger partial charge in [-0.15, -0.1) is 0 Å². The molecule has 0 radical (unpaired) electrons. The molecule has 0 saturated heterocycles. The first-order chi connectivity index (χ1) is 11.2. The van der Waals surface area contributed by atoms with E-state index in [2.05, 4.69) is 38.2 Å².